The minimum absolute atomic E-state index is 0.170. The van der Waals surface area contributed by atoms with E-state index < -0.39 is 18.2 Å². The lowest BCUT2D eigenvalue weighted by molar-refractivity contribution is -0.126. The van der Waals surface area contributed by atoms with Crippen LogP contribution in [0.2, 0.25) is 0 Å². The zero-order valence-corrected chi connectivity index (χ0v) is 19.1. The summed E-state index contributed by atoms with van der Waals surface area (Å²) < 4.78 is 5.68. The van der Waals surface area contributed by atoms with Crippen LogP contribution in [0.25, 0.3) is 0 Å². The van der Waals surface area contributed by atoms with Crippen LogP contribution in [-0.2, 0) is 20.9 Å². The van der Waals surface area contributed by atoms with E-state index in [1.165, 1.54) is 11.8 Å². The Bertz CT molecular complexity index is 954. The number of cyclic esters (lactones) is 1. The lowest BCUT2D eigenvalue weighted by atomic mass is 10.00. The van der Waals surface area contributed by atoms with Gasteiger partial charge >= 0.3 is 6.09 Å². The molecule has 1 heterocycles. The molecule has 32 heavy (non-hydrogen) atoms. The molecular formula is C25H31N3O4. The first-order valence-corrected chi connectivity index (χ1v) is 10.9. The smallest absolute Gasteiger partial charge is 0.411 e. The number of hydrogen-bond acceptors (Lipinski definition) is 4. The number of benzene rings is 2. The SMILES string of the molecule is CC(=O)Nc1ccc([C@H]2OC(=O)N(Cc3ccc(C)cc3)[C@@H]2C(=O)NCCC(C)C)cc1. The van der Waals surface area contributed by atoms with Gasteiger partial charge < -0.3 is 15.4 Å². The van der Waals surface area contributed by atoms with Crippen LogP contribution >= 0.6 is 0 Å². The highest BCUT2D eigenvalue weighted by Crippen LogP contribution is 2.34. The Morgan fingerprint density at radius 2 is 1.72 bits per heavy atom. The fourth-order valence-corrected chi connectivity index (χ4v) is 3.65. The predicted molar refractivity (Wildman–Crippen MR) is 123 cm³/mol. The Hall–Kier alpha value is -3.35. The van der Waals surface area contributed by atoms with E-state index in [0.717, 1.165) is 17.5 Å². The minimum Gasteiger partial charge on any atom is -0.438 e. The van der Waals surface area contributed by atoms with Crippen molar-refractivity contribution in [2.75, 3.05) is 11.9 Å². The maximum Gasteiger partial charge on any atom is 0.411 e. The predicted octanol–water partition coefficient (Wildman–Crippen LogP) is 4.18. The molecule has 7 nitrogen and oxygen atoms in total. The van der Waals surface area contributed by atoms with Gasteiger partial charge in [-0.15, -0.1) is 0 Å². The zero-order chi connectivity index (χ0) is 23.3. The normalized spacial score (nSPS) is 17.9. The summed E-state index contributed by atoms with van der Waals surface area (Å²) in [6.45, 7) is 8.44. The molecule has 1 fully saturated rings. The Kier molecular flexibility index (Phi) is 7.51. The number of anilines is 1. The van der Waals surface area contributed by atoms with E-state index in [0.29, 0.717) is 23.7 Å². The van der Waals surface area contributed by atoms with Gasteiger partial charge in [-0.3, -0.25) is 14.5 Å². The summed E-state index contributed by atoms with van der Waals surface area (Å²) in [4.78, 5) is 38.8. The maximum absolute atomic E-state index is 13.2. The molecule has 1 aliphatic heterocycles. The number of nitrogens with zero attached hydrogens (tertiary/aromatic N) is 1. The van der Waals surface area contributed by atoms with Crippen LogP contribution in [0.1, 0.15) is 50.0 Å². The zero-order valence-electron chi connectivity index (χ0n) is 19.1. The van der Waals surface area contributed by atoms with Gasteiger partial charge in [0.1, 0.15) is 0 Å². The minimum atomic E-state index is -0.789. The van der Waals surface area contributed by atoms with Crippen molar-refractivity contribution in [2.45, 2.75) is 52.8 Å². The molecular weight excluding hydrogens is 406 g/mol. The molecule has 0 spiro atoms. The molecule has 0 saturated carbocycles. The first-order chi connectivity index (χ1) is 15.2. The van der Waals surface area contributed by atoms with Gasteiger partial charge in [0, 0.05) is 19.2 Å². The molecule has 170 valence electrons. The fourth-order valence-electron chi connectivity index (χ4n) is 3.65. The van der Waals surface area contributed by atoms with Crippen molar-refractivity contribution in [1.29, 1.82) is 0 Å². The van der Waals surface area contributed by atoms with Gasteiger partial charge in [-0.05, 0) is 42.5 Å². The average molecular weight is 438 g/mol. The van der Waals surface area contributed by atoms with Crippen LogP contribution in [0, 0.1) is 12.8 Å². The van der Waals surface area contributed by atoms with E-state index in [9.17, 15) is 14.4 Å². The standard InChI is InChI=1S/C25H31N3O4/c1-16(2)13-14-26-24(30)22-23(20-9-11-21(12-10-20)27-18(4)29)32-25(31)28(22)15-19-7-5-17(3)6-8-19/h5-12,16,22-23H,13-15H2,1-4H3,(H,26,30)(H,27,29)/t22-,23+/m0/s1. The van der Waals surface area contributed by atoms with Crippen LogP contribution in [0.3, 0.4) is 0 Å². The lowest BCUT2D eigenvalue weighted by Gasteiger charge is -2.24. The average Bonchev–Trinajstić information content (AvgIpc) is 3.05. The molecule has 2 aromatic carbocycles. The Labute approximate surface area is 189 Å². The second kappa shape index (κ2) is 10.3. The van der Waals surface area contributed by atoms with E-state index >= 15 is 0 Å². The number of hydrogen-bond donors (Lipinski definition) is 2. The molecule has 2 atom stereocenters. The van der Waals surface area contributed by atoms with E-state index in [2.05, 4.69) is 24.5 Å². The van der Waals surface area contributed by atoms with Crippen LogP contribution in [0.4, 0.5) is 10.5 Å². The van der Waals surface area contributed by atoms with Crippen LogP contribution in [-0.4, -0.2) is 35.4 Å². The molecule has 2 aromatic rings. The Balaban J connectivity index is 1.85. The summed E-state index contributed by atoms with van der Waals surface area (Å²) >= 11 is 0. The molecule has 0 radical (unpaired) electrons. The van der Waals surface area contributed by atoms with Gasteiger partial charge in [0.2, 0.25) is 11.8 Å². The Morgan fingerprint density at radius 3 is 2.31 bits per heavy atom. The molecule has 3 amide bonds. The third kappa shape index (κ3) is 5.87. The van der Waals surface area contributed by atoms with Gasteiger partial charge in [-0.25, -0.2) is 4.79 Å². The van der Waals surface area contributed by atoms with Crippen LogP contribution < -0.4 is 10.6 Å². The van der Waals surface area contributed by atoms with Gasteiger partial charge in [0.05, 0.1) is 6.54 Å². The topological polar surface area (TPSA) is 87.7 Å². The molecule has 3 rings (SSSR count). The Morgan fingerprint density at radius 1 is 1.06 bits per heavy atom. The number of rotatable bonds is 8. The van der Waals surface area contributed by atoms with E-state index in [-0.39, 0.29) is 18.4 Å². The van der Waals surface area contributed by atoms with Crippen molar-refractivity contribution in [2.24, 2.45) is 5.92 Å². The molecule has 7 heteroatoms. The van der Waals surface area contributed by atoms with Crippen molar-refractivity contribution in [1.82, 2.24) is 10.2 Å². The van der Waals surface area contributed by atoms with Gasteiger partial charge in [0.25, 0.3) is 0 Å². The highest BCUT2D eigenvalue weighted by atomic mass is 16.6. The molecule has 1 saturated heterocycles. The van der Waals surface area contributed by atoms with Crippen molar-refractivity contribution in [3.8, 4) is 0 Å². The summed E-state index contributed by atoms with van der Waals surface area (Å²) in [5, 5.41) is 5.68. The largest absolute Gasteiger partial charge is 0.438 e. The van der Waals surface area contributed by atoms with Crippen molar-refractivity contribution < 1.29 is 19.1 Å². The van der Waals surface area contributed by atoms with E-state index in [4.69, 9.17) is 4.74 Å². The van der Waals surface area contributed by atoms with Crippen molar-refractivity contribution in [3.05, 3.63) is 65.2 Å². The maximum atomic E-state index is 13.2. The first kappa shape index (κ1) is 23.3. The number of ether oxygens (including phenoxy) is 1. The highest BCUT2D eigenvalue weighted by Gasteiger charge is 2.46. The summed E-state index contributed by atoms with van der Waals surface area (Å²) in [6.07, 6.45) is -0.412. The number of aryl methyl sites for hydroxylation is 1. The summed E-state index contributed by atoms with van der Waals surface area (Å²) in [5.41, 5.74) is 3.38. The third-order valence-electron chi connectivity index (χ3n) is 5.41. The highest BCUT2D eigenvalue weighted by molar-refractivity contribution is 5.90. The second-order valence-electron chi connectivity index (χ2n) is 8.64. The van der Waals surface area contributed by atoms with Gasteiger partial charge in [0.15, 0.2) is 12.1 Å². The molecule has 1 aliphatic rings. The molecule has 2 N–H and O–H groups in total. The van der Waals surface area contributed by atoms with E-state index in [1.54, 1.807) is 24.3 Å². The van der Waals surface area contributed by atoms with E-state index in [1.807, 2.05) is 31.2 Å². The van der Waals surface area contributed by atoms with Crippen LogP contribution in [0.15, 0.2) is 48.5 Å². The number of carbonyl (C=O) groups excluding carboxylic acids is 3. The van der Waals surface area contributed by atoms with Gasteiger partial charge in [-0.1, -0.05) is 55.8 Å². The van der Waals surface area contributed by atoms with Crippen molar-refractivity contribution in [3.63, 3.8) is 0 Å². The first-order valence-electron chi connectivity index (χ1n) is 10.9. The fraction of sp³-hybridized carbons (Fsp3) is 0.400. The lowest BCUT2D eigenvalue weighted by Crippen LogP contribution is -2.46. The van der Waals surface area contributed by atoms with Crippen molar-refractivity contribution >= 4 is 23.6 Å². The molecule has 0 unspecified atom stereocenters. The van der Waals surface area contributed by atoms with Gasteiger partial charge in [-0.2, -0.15) is 0 Å². The second-order valence-corrected chi connectivity index (χ2v) is 8.64. The number of amides is 3. The quantitative estimate of drug-likeness (QED) is 0.649. The third-order valence-corrected chi connectivity index (χ3v) is 5.41. The number of nitrogens with one attached hydrogen (secondary N) is 2. The van der Waals surface area contributed by atoms with Crippen LogP contribution in [0.5, 0.6) is 0 Å². The summed E-state index contributed by atoms with van der Waals surface area (Å²) in [7, 11) is 0. The molecule has 0 aliphatic carbocycles. The molecule has 0 bridgehead atoms. The summed E-state index contributed by atoms with van der Waals surface area (Å²) in [6, 6.07) is 14.1. The monoisotopic (exact) mass is 437 g/mol. The number of carbonyl (C=O) groups is 3. The summed E-state index contributed by atoms with van der Waals surface area (Å²) in [5.74, 6) is 0.0498. The molecule has 0 aromatic heterocycles.